The van der Waals surface area contributed by atoms with E-state index in [1.165, 1.54) is 31.6 Å². The first-order valence-corrected chi connectivity index (χ1v) is 11.1. The predicted octanol–water partition coefficient (Wildman–Crippen LogP) is 0.673. The van der Waals surface area contributed by atoms with Crippen molar-refractivity contribution in [2.24, 2.45) is 0 Å². The van der Waals surface area contributed by atoms with Crippen molar-refractivity contribution in [3.05, 3.63) is 59.0 Å². The third-order valence-electron chi connectivity index (χ3n) is 5.77. The van der Waals surface area contributed by atoms with Crippen LogP contribution in [-0.2, 0) is 19.1 Å². The third-order valence-corrected chi connectivity index (χ3v) is 5.77. The van der Waals surface area contributed by atoms with Gasteiger partial charge in [-0.15, -0.1) is 0 Å². The SMILES string of the molecule is COc1ccc(-c2coc3cc(O[C@@H]4O[C@@H](COC(=O)CC(=O)O)[C@@H](O)[C@H](O)[C@@H]4O)ccc3c2=O)cc1. The summed E-state index contributed by atoms with van der Waals surface area (Å²) in [7, 11) is 1.54. The number of carbonyl (C=O) groups excluding carboxylic acids is 1. The maximum Gasteiger partial charge on any atom is 0.317 e. The summed E-state index contributed by atoms with van der Waals surface area (Å²) >= 11 is 0. The topological polar surface area (TPSA) is 182 Å². The van der Waals surface area contributed by atoms with Gasteiger partial charge in [-0.2, -0.15) is 0 Å². The fraction of sp³-hybridized carbons (Fsp3) is 0.320. The van der Waals surface area contributed by atoms with Gasteiger partial charge in [-0.1, -0.05) is 12.1 Å². The number of hydrogen-bond donors (Lipinski definition) is 4. The van der Waals surface area contributed by atoms with Gasteiger partial charge < -0.3 is 43.8 Å². The number of benzene rings is 2. The zero-order chi connectivity index (χ0) is 26.7. The Labute approximate surface area is 209 Å². The molecule has 1 fully saturated rings. The fourth-order valence-corrected chi connectivity index (χ4v) is 3.79. The van der Waals surface area contributed by atoms with Gasteiger partial charge in [0, 0.05) is 6.07 Å². The summed E-state index contributed by atoms with van der Waals surface area (Å²) in [6, 6.07) is 11.2. The van der Waals surface area contributed by atoms with Gasteiger partial charge in [-0.3, -0.25) is 14.4 Å². The normalized spacial score (nSPS) is 23.4. The van der Waals surface area contributed by atoms with Crippen LogP contribution in [-0.4, -0.2) is 76.8 Å². The Balaban J connectivity index is 1.51. The largest absolute Gasteiger partial charge is 0.497 e. The number of rotatable bonds is 8. The Morgan fingerprint density at radius 1 is 0.973 bits per heavy atom. The number of carboxylic acid groups (broad SMARTS) is 1. The van der Waals surface area contributed by atoms with Gasteiger partial charge in [0.15, 0.2) is 5.43 Å². The molecule has 2 aromatic carbocycles. The molecule has 196 valence electrons. The maximum atomic E-state index is 13.0. The maximum absolute atomic E-state index is 13.0. The molecule has 5 atom stereocenters. The Kier molecular flexibility index (Phi) is 7.74. The van der Waals surface area contributed by atoms with E-state index in [9.17, 15) is 29.7 Å². The second-order valence-corrected chi connectivity index (χ2v) is 8.25. The molecule has 0 amide bonds. The van der Waals surface area contributed by atoms with Crippen molar-refractivity contribution in [3.8, 4) is 22.6 Å². The van der Waals surface area contributed by atoms with E-state index in [-0.39, 0.29) is 22.1 Å². The fourth-order valence-electron chi connectivity index (χ4n) is 3.79. The van der Waals surface area contributed by atoms with E-state index in [1.54, 1.807) is 24.3 Å². The molecule has 1 aliphatic rings. The second-order valence-electron chi connectivity index (χ2n) is 8.25. The molecule has 1 aromatic heterocycles. The van der Waals surface area contributed by atoms with Gasteiger partial charge in [0.25, 0.3) is 0 Å². The van der Waals surface area contributed by atoms with Crippen LogP contribution in [0.25, 0.3) is 22.1 Å². The first kappa shape index (κ1) is 26.1. The van der Waals surface area contributed by atoms with E-state index in [0.29, 0.717) is 16.9 Å². The monoisotopic (exact) mass is 516 g/mol. The van der Waals surface area contributed by atoms with E-state index in [4.69, 9.17) is 28.5 Å². The molecular weight excluding hydrogens is 492 g/mol. The van der Waals surface area contributed by atoms with Gasteiger partial charge in [0.1, 0.15) is 60.8 Å². The summed E-state index contributed by atoms with van der Waals surface area (Å²) in [5, 5.41) is 39.6. The minimum absolute atomic E-state index is 0.113. The molecule has 4 rings (SSSR count). The summed E-state index contributed by atoms with van der Waals surface area (Å²) in [4.78, 5) is 35.1. The van der Waals surface area contributed by atoms with Crippen molar-refractivity contribution in [3.63, 3.8) is 0 Å². The lowest BCUT2D eigenvalue weighted by Gasteiger charge is -2.39. The van der Waals surface area contributed by atoms with Gasteiger partial charge in [0.2, 0.25) is 6.29 Å². The van der Waals surface area contributed by atoms with Crippen LogP contribution in [0.5, 0.6) is 11.5 Å². The van der Waals surface area contributed by atoms with Gasteiger partial charge >= 0.3 is 11.9 Å². The molecule has 1 saturated heterocycles. The smallest absolute Gasteiger partial charge is 0.317 e. The number of aliphatic hydroxyl groups excluding tert-OH is 3. The summed E-state index contributed by atoms with van der Waals surface area (Å²) in [6.45, 7) is -0.586. The lowest BCUT2D eigenvalue weighted by molar-refractivity contribution is -0.278. The Bertz CT molecular complexity index is 1330. The highest BCUT2D eigenvalue weighted by Crippen LogP contribution is 2.28. The first-order chi connectivity index (χ1) is 17.7. The van der Waals surface area contributed by atoms with Crippen molar-refractivity contribution in [1.29, 1.82) is 0 Å². The molecule has 0 bridgehead atoms. The van der Waals surface area contributed by atoms with Crippen LogP contribution in [0.3, 0.4) is 0 Å². The first-order valence-electron chi connectivity index (χ1n) is 11.1. The van der Waals surface area contributed by atoms with Crippen molar-refractivity contribution in [2.45, 2.75) is 37.1 Å². The second kappa shape index (κ2) is 11.0. The van der Waals surface area contributed by atoms with E-state index < -0.39 is 55.7 Å². The van der Waals surface area contributed by atoms with Crippen molar-refractivity contribution < 1.29 is 53.4 Å². The lowest BCUT2D eigenvalue weighted by Crippen LogP contribution is -2.60. The highest BCUT2D eigenvalue weighted by atomic mass is 16.7. The van der Waals surface area contributed by atoms with E-state index >= 15 is 0 Å². The molecule has 0 radical (unpaired) electrons. The molecule has 3 aromatic rings. The number of carbonyl (C=O) groups is 2. The number of hydrogen-bond acceptors (Lipinski definition) is 11. The molecule has 0 unspecified atom stereocenters. The van der Waals surface area contributed by atoms with Gasteiger partial charge in [-0.05, 0) is 29.8 Å². The number of carboxylic acids is 1. The molecule has 2 heterocycles. The van der Waals surface area contributed by atoms with Crippen molar-refractivity contribution >= 4 is 22.9 Å². The number of fused-ring (bicyclic) bond motifs is 1. The number of aliphatic hydroxyl groups is 3. The van der Waals surface area contributed by atoms with Gasteiger partial charge in [0.05, 0.1) is 18.1 Å². The molecular formula is C25H24O12. The predicted molar refractivity (Wildman–Crippen MR) is 125 cm³/mol. The number of methoxy groups -OCH3 is 1. The van der Waals surface area contributed by atoms with Crippen LogP contribution < -0.4 is 14.9 Å². The van der Waals surface area contributed by atoms with E-state index in [0.717, 1.165) is 0 Å². The van der Waals surface area contributed by atoms with Crippen LogP contribution in [0, 0.1) is 0 Å². The van der Waals surface area contributed by atoms with Crippen LogP contribution >= 0.6 is 0 Å². The number of ether oxygens (including phenoxy) is 4. The Morgan fingerprint density at radius 2 is 1.68 bits per heavy atom. The summed E-state index contributed by atoms with van der Waals surface area (Å²) in [6.07, 6.45) is -7.43. The molecule has 0 spiro atoms. The summed E-state index contributed by atoms with van der Waals surface area (Å²) in [5.74, 6) is -1.71. The molecule has 0 saturated carbocycles. The molecule has 1 aliphatic heterocycles. The standard InChI is InChI=1S/C25H24O12/c1-33-13-4-2-12(3-5-13)16-10-34-17-8-14(6-7-15(17)21(16)29)36-25-24(32)23(31)22(30)18(37-25)11-35-20(28)9-19(26)27/h2-8,10,18,22-25,30-32H,9,11H2,1H3,(H,26,27)/t18-,22+,23-,24-,25+/m0/s1. The quantitative estimate of drug-likeness (QED) is 0.243. The molecule has 0 aliphatic carbocycles. The van der Waals surface area contributed by atoms with E-state index in [1.807, 2.05) is 0 Å². The minimum atomic E-state index is -1.72. The zero-order valence-corrected chi connectivity index (χ0v) is 19.5. The summed E-state index contributed by atoms with van der Waals surface area (Å²) in [5.41, 5.74) is 0.879. The average molecular weight is 516 g/mol. The highest BCUT2D eigenvalue weighted by molar-refractivity contribution is 5.90. The molecule has 12 heteroatoms. The highest BCUT2D eigenvalue weighted by Gasteiger charge is 2.45. The lowest BCUT2D eigenvalue weighted by atomic mass is 9.99. The minimum Gasteiger partial charge on any atom is -0.497 e. The van der Waals surface area contributed by atoms with Crippen molar-refractivity contribution in [2.75, 3.05) is 13.7 Å². The average Bonchev–Trinajstić information content (AvgIpc) is 2.88. The van der Waals surface area contributed by atoms with Crippen LogP contribution in [0.2, 0.25) is 0 Å². The third kappa shape index (κ3) is 5.73. The van der Waals surface area contributed by atoms with Crippen LogP contribution in [0.4, 0.5) is 0 Å². The molecule has 12 nitrogen and oxygen atoms in total. The van der Waals surface area contributed by atoms with Crippen LogP contribution in [0.15, 0.2) is 57.9 Å². The van der Waals surface area contributed by atoms with Crippen LogP contribution in [0.1, 0.15) is 6.42 Å². The van der Waals surface area contributed by atoms with Gasteiger partial charge in [-0.25, -0.2) is 0 Å². The Hall–Kier alpha value is -3.97. The number of aliphatic carboxylic acids is 1. The molecule has 37 heavy (non-hydrogen) atoms. The number of esters is 1. The Morgan fingerprint density at radius 3 is 2.35 bits per heavy atom. The van der Waals surface area contributed by atoms with Crippen molar-refractivity contribution in [1.82, 2.24) is 0 Å². The molecule has 4 N–H and O–H groups in total. The summed E-state index contributed by atoms with van der Waals surface area (Å²) < 4.78 is 26.6. The van der Waals surface area contributed by atoms with E-state index in [2.05, 4.69) is 0 Å². The zero-order valence-electron chi connectivity index (χ0n) is 19.5.